The summed E-state index contributed by atoms with van der Waals surface area (Å²) in [6.07, 6.45) is 3.88. The summed E-state index contributed by atoms with van der Waals surface area (Å²) in [6.45, 7) is 5.90. The van der Waals surface area contributed by atoms with Crippen molar-refractivity contribution in [2.45, 2.75) is 45.3 Å². The number of fused-ring (bicyclic) bond motifs is 1. The van der Waals surface area contributed by atoms with Gasteiger partial charge < -0.3 is 10.4 Å². The van der Waals surface area contributed by atoms with Gasteiger partial charge in [-0.15, -0.1) is 0 Å². The van der Waals surface area contributed by atoms with Gasteiger partial charge >= 0.3 is 5.97 Å². The second-order valence-corrected chi connectivity index (χ2v) is 6.65. The van der Waals surface area contributed by atoms with Crippen LogP contribution < -0.4 is 5.32 Å². The number of hydrogen-bond donors (Lipinski definition) is 2. The lowest BCUT2D eigenvalue weighted by Gasteiger charge is -2.42. The SMILES string of the molecule is CCN(CC(=O)O)C1CC(NCc2cc(C)c3ncccc3c2)C1. The van der Waals surface area contributed by atoms with Crippen LogP contribution in [0.1, 0.15) is 30.9 Å². The van der Waals surface area contributed by atoms with Gasteiger partial charge in [-0.25, -0.2) is 0 Å². The highest BCUT2D eigenvalue weighted by molar-refractivity contribution is 5.82. The third-order valence-corrected chi connectivity index (χ3v) is 4.92. The number of carboxylic acids is 1. The van der Waals surface area contributed by atoms with Crippen LogP contribution in [0.15, 0.2) is 30.5 Å². The Labute approximate surface area is 142 Å². The summed E-state index contributed by atoms with van der Waals surface area (Å²) in [5, 5.41) is 13.7. The highest BCUT2D eigenvalue weighted by Crippen LogP contribution is 2.26. The van der Waals surface area contributed by atoms with Gasteiger partial charge in [-0.1, -0.05) is 19.1 Å². The molecule has 0 radical (unpaired) electrons. The summed E-state index contributed by atoms with van der Waals surface area (Å²) in [7, 11) is 0. The first kappa shape index (κ1) is 16.9. The van der Waals surface area contributed by atoms with E-state index >= 15 is 0 Å². The molecule has 1 saturated carbocycles. The number of carboxylic acid groups (broad SMARTS) is 1. The first-order valence-electron chi connectivity index (χ1n) is 8.60. The van der Waals surface area contributed by atoms with Crippen LogP contribution in [0.4, 0.5) is 0 Å². The zero-order valence-corrected chi connectivity index (χ0v) is 14.3. The van der Waals surface area contributed by atoms with Crippen molar-refractivity contribution in [3.8, 4) is 0 Å². The highest BCUT2D eigenvalue weighted by Gasteiger charge is 2.33. The molecule has 2 aromatic rings. The van der Waals surface area contributed by atoms with Crippen molar-refractivity contribution in [2.75, 3.05) is 13.1 Å². The Morgan fingerprint density at radius 2 is 2.21 bits per heavy atom. The molecule has 24 heavy (non-hydrogen) atoms. The molecule has 1 fully saturated rings. The summed E-state index contributed by atoms with van der Waals surface area (Å²) < 4.78 is 0. The molecule has 1 aliphatic rings. The van der Waals surface area contributed by atoms with Gasteiger partial charge in [-0.3, -0.25) is 14.7 Å². The number of hydrogen-bond acceptors (Lipinski definition) is 4. The molecule has 0 atom stereocenters. The lowest BCUT2D eigenvalue weighted by Crippen LogP contribution is -2.53. The van der Waals surface area contributed by atoms with Crippen molar-refractivity contribution < 1.29 is 9.90 Å². The molecule has 5 heteroatoms. The first-order chi connectivity index (χ1) is 11.6. The minimum atomic E-state index is -0.742. The van der Waals surface area contributed by atoms with Crippen LogP contribution in [0.3, 0.4) is 0 Å². The average molecular weight is 327 g/mol. The van der Waals surface area contributed by atoms with Gasteiger partial charge in [0.25, 0.3) is 0 Å². The number of nitrogens with zero attached hydrogens (tertiary/aromatic N) is 2. The molecule has 128 valence electrons. The van der Waals surface area contributed by atoms with E-state index in [0.717, 1.165) is 31.4 Å². The summed E-state index contributed by atoms with van der Waals surface area (Å²) >= 11 is 0. The van der Waals surface area contributed by atoms with E-state index in [9.17, 15) is 4.79 Å². The summed E-state index contributed by atoms with van der Waals surface area (Å²) in [6, 6.07) is 9.33. The predicted octanol–water partition coefficient (Wildman–Crippen LogP) is 2.57. The fourth-order valence-electron chi connectivity index (χ4n) is 3.54. The molecule has 0 aliphatic heterocycles. The van der Waals surface area contributed by atoms with Gasteiger partial charge in [0.1, 0.15) is 0 Å². The van der Waals surface area contributed by atoms with Gasteiger partial charge in [-0.2, -0.15) is 0 Å². The smallest absolute Gasteiger partial charge is 0.317 e. The number of likely N-dealkylation sites (N-methyl/N-ethyl adjacent to an activating group) is 1. The third kappa shape index (κ3) is 3.74. The minimum absolute atomic E-state index is 0.144. The quantitative estimate of drug-likeness (QED) is 0.818. The Kier molecular flexibility index (Phi) is 5.11. The Hall–Kier alpha value is -1.98. The number of benzene rings is 1. The van der Waals surface area contributed by atoms with E-state index in [-0.39, 0.29) is 6.54 Å². The van der Waals surface area contributed by atoms with Crippen LogP contribution in [-0.4, -0.2) is 46.1 Å². The molecule has 0 unspecified atom stereocenters. The predicted molar refractivity (Wildman–Crippen MR) is 95.0 cm³/mol. The Morgan fingerprint density at radius 3 is 2.92 bits per heavy atom. The van der Waals surface area contributed by atoms with Crippen molar-refractivity contribution in [1.82, 2.24) is 15.2 Å². The zero-order chi connectivity index (χ0) is 17.1. The number of nitrogens with one attached hydrogen (secondary N) is 1. The molecule has 1 aliphatic carbocycles. The lowest BCUT2D eigenvalue weighted by molar-refractivity contribution is -0.139. The second kappa shape index (κ2) is 7.28. The summed E-state index contributed by atoms with van der Waals surface area (Å²) in [5.41, 5.74) is 3.54. The topological polar surface area (TPSA) is 65.5 Å². The van der Waals surface area contributed by atoms with Crippen molar-refractivity contribution in [2.24, 2.45) is 0 Å². The standard InChI is InChI=1S/C19H25N3O2/c1-3-22(12-18(23)24)17-9-16(10-17)21-11-14-7-13(2)19-15(8-14)5-4-6-20-19/h4-8,16-17,21H,3,9-12H2,1-2H3,(H,23,24). The van der Waals surface area contributed by atoms with Gasteiger partial charge in [0.15, 0.2) is 0 Å². The van der Waals surface area contributed by atoms with Crippen LogP contribution in [0.5, 0.6) is 0 Å². The molecular weight excluding hydrogens is 302 g/mol. The van der Waals surface area contributed by atoms with Crippen molar-refractivity contribution in [1.29, 1.82) is 0 Å². The molecule has 1 aromatic heterocycles. The molecular formula is C19H25N3O2. The molecule has 1 heterocycles. The number of pyridine rings is 1. The number of rotatable bonds is 7. The number of carbonyl (C=O) groups is 1. The first-order valence-corrected chi connectivity index (χ1v) is 8.60. The Bertz CT molecular complexity index is 726. The molecule has 0 saturated heterocycles. The lowest BCUT2D eigenvalue weighted by atomic mass is 9.85. The van der Waals surface area contributed by atoms with Crippen LogP contribution in [-0.2, 0) is 11.3 Å². The van der Waals surface area contributed by atoms with Crippen molar-refractivity contribution in [3.05, 3.63) is 41.6 Å². The molecule has 0 spiro atoms. The van der Waals surface area contributed by atoms with Gasteiger partial charge in [0, 0.05) is 30.2 Å². The van der Waals surface area contributed by atoms with Crippen molar-refractivity contribution >= 4 is 16.9 Å². The Balaban J connectivity index is 1.54. The highest BCUT2D eigenvalue weighted by atomic mass is 16.4. The average Bonchev–Trinajstić information content (AvgIpc) is 2.52. The largest absolute Gasteiger partial charge is 0.480 e. The molecule has 3 rings (SSSR count). The molecule has 2 N–H and O–H groups in total. The van der Waals surface area contributed by atoms with E-state index in [4.69, 9.17) is 5.11 Å². The number of aromatic nitrogens is 1. The van der Waals surface area contributed by atoms with E-state index in [0.29, 0.717) is 12.1 Å². The van der Waals surface area contributed by atoms with E-state index in [2.05, 4.69) is 35.4 Å². The fraction of sp³-hybridized carbons (Fsp3) is 0.474. The maximum absolute atomic E-state index is 10.9. The van der Waals surface area contributed by atoms with Gasteiger partial charge in [-0.05, 0) is 49.6 Å². The Morgan fingerprint density at radius 1 is 1.42 bits per heavy atom. The summed E-state index contributed by atoms with van der Waals surface area (Å²) in [4.78, 5) is 17.4. The zero-order valence-electron chi connectivity index (χ0n) is 14.3. The fourth-order valence-corrected chi connectivity index (χ4v) is 3.54. The van der Waals surface area contributed by atoms with E-state index in [1.807, 2.05) is 24.1 Å². The molecule has 0 bridgehead atoms. The normalized spacial score (nSPS) is 20.3. The number of aryl methyl sites for hydroxylation is 1. The van der Waals surface area contributed by atoms with E-state index < -0.39 is 5.97 Å². The van der Waals surface area contributed by atoms with E-state index in [1.54, 1.807) is 0 Å². The molecule has 0 amide bonds. The van der Waals surface area contributed by atoms with Crippen molar-refractivity contribution in [3.63, 3.8) is 0 Å². The van der Waals surface area contributed by atoms with Crippen LogP contribution in [0.25, 0.3) is 10.9 Å². The van der Waals surface area contributed by atoms with Crippen LogP contribution >= 0.6 is 0 Å². The maximum Gasteiger partial charge on any atom is 0.317 e. The monoisotopic (exact) mass is 327 g/mol. The maximum atomic E-state index is 10.9. The second-order valence-electron chi connectivity index (χ2n) is 6.65. The van der Waals surface area contributed by atoms with Gasteiger partial charge in [0.05, 0.1) is 12.1 Å². The van der Waals surface area contributed by atoms with Crippen LogP contribution in [0.2, 0.25) is 0 Å². The molecule has 1 aromatic carbocycles. The third-order valence-electron chi connectivity index (χ3n) is 4.92. The molecule has 5 nitrogen and oxygen atoms in total. The minimum Gasteiger partial charge on any atom is -0.480 e. The van der Waals surface area contributed by atoms with E-state index in [1.165, 1.54) is 16.5 Å². The number of aliphatic carboxylic acids is 1. The van der Waals surface area contributed by atoms with Crippen LogP contribution in [0, 0.1) is 6.92 Å². The summed E-state index contributed by atoms with van der Waals surface area (Å²) in [5.74, 6) is -0.742. The van der Waals surface area contributed by atoms with Gasteiger partial charge in [0.2, 0.25) is 0 Å².